The minimum absolute atomic E-state index is 0.376. The highest BCUT2D eigenvalue weighted by Crippen LogP contribution is 2.51. The molecule has 2 unspecified atom stereocenters. The van der Waals surface area contributed by atoms with Crippen LogP contribution in [0.2, 0.25) is 0 Å². The van der Waals surface area contributed by atoms with Crippen molar-refractivity contribution in [3.8, 4) is 0 Å². The van der Waals surface area contributed by atoms with E-state index in [0.717, 1.165) is 6.42 Å². The van der Waals surface area contributed by atoms with Crippen LogP contribution >= 0.6 is 11.8 Å². The molecular formula is C22H18S. The van der Waals surface area contributed by atoms with Crippen molar-refractivity contribution in [3.63, 3.8) is 0 Å². The second-order valence-electron chi connectivity index (χ2n) is 6.64. The van der Waals surface area contributed by atoms with Crippen LogP contribution in [0.15, 0.2) is 89.4 Å². The number of fused-ring (bicyclic) bond motifs is 4. The van der Waals surface area contributed by atoms with Crippen molar-refractivity contribution in [2.45, 2.75) is 28.4 Å². The predicted octanol–water partition coefficient (Wildman–Crippen LogP) is 5.64. The van der Waals surface area contributed by atoms with Gasteiger partial charge in [-0.15, -0.1) is 11.8 Å². The van der Waals surface area contributed by atoms with E-state index in [4.69, 9.17) is 0 Å². The van der Waals surface area contributed by atoms with Crippen LogP contribution in [0.5, 0.6) is 0 Å². The van der Waals surface area contributed by atoms with Crippen molar-refractivity contribution in [3.05, 3.63) is 101 Å². The highest BCUT2D eigenvalue weighted by atomic mass is 32.2. The SMILES string of the molecule is C=C1Cc2ccccc2[C@H]1C1=CC2c3ccccc3SC2C=C1. The Morgan fingerprint density at radius 2 is 1.74 bits per heavy atom. The first-order chi connectivity index (χ1) is 11.3. The number of thioether (sulfide) groups is 1. The number of allylic oxidation sites excluding steroid dienone is 4. The third-order valence-electron chi connectivity index (χ3n) is 5.27. The first-order valence-corrected chi connectivity index (χ1v) is 9.10. The summed E-state index contributed by atoms with van der Waals surface area (Å²) in [5.41, 5.74) is 7.14. The standard InChI is InChI=1S/C22H18S/c1-14-12-15-6-2-3-7-17(15)22(14)16-10-11-21-19(13-16)18-8-4-5-9-20(18)23-21/h2-11,13,19,21-22H,1,12H2/t19?,21?,22-/m1/s1. The summed E-state index contributed by atoms with van der Waals surface area (Å²) in [5, 5.41) is 0.557. The molecule has 5 rings (SSSR count). The second kappa shape index (κ2) is 5.01. The quantitative estimate of drug-likeness (QED) is 0.614. The summed E-state index contributed by atoms with van der Waals surface area (Å²) >= 11 is 2.00. The van der Waals surface area contributed by atoms with Crippen LogP contribution in [0.4, 0.5) is 0 Å². The fourth-order valence-electron chi connectivity index (χ4n) is 4.22. The molecule has 0 fully saturated rings. The minimum atomic E-state index is 0.376. The normalized spacial score (nSPS) is 27.4. The van der Waals surface area contributed by atoms with Crippen molar-refractivity contribution in [2.24, 2.45) is 0 Å². The maximum Gasteiger partial charge on any atom is 0.0381 e. The topological polar surface area (TPSA) is 0 Å². The zero-order valence-corrected chi connectivity index (χ0v) is 13.7. The monoisotopic (exact) mass is 314 g/mol. The number of hydrogen-bond acceptors (Lipinski definition) is 1. The molecule has 23 heavy (non-hydrogen) atoms. The molecule has 3 atom stereocenters. The Morgan fingerprint density at radius 3 is 2.65 bits per heavy atom. The molecule has 1 heteroatoms. The van der Waals surface area contributed by atoms with Gasteiger partial charge < -0.3 is 0 Å². The van der Waals surface area contributed by atoms with E-state index in [9.17, 15) is 0 Å². The van der Waals surface area contributed by atoms with E-state index in [1.54, 1.807) is 0 Å². The van der Waals surface area contributed by atoms with Gasteiger partial charge in [0.2, 0.25) is 0 Å². The zero-order valence-electron chi connectivity index (χ0n) is 12.9. The Balaban J connectivity index is 1.58. The van der Waals surface area contributed by atoms with Crippen LogP contribution in [0, 0.1) is 0 Å². The molecule has 0 spiro atoms. The predicted molar refractivity (Wildman–Crippen MR) is 98.1 cm³/mol. The number of rotatable bonds is 1. The lowest BCUT2D eigenvalue weighted by molar-refractivity contribution is 0.842. The average Bonchev–Trinajstić information content (AvgIpc) is 3.11. The van der Waals surface area contributed by atoms with Gasteiger partial charge in [0.1, 0.15) is 0 Å². The summed E-state index contributed by atoms with van der Waals surface area (Å²) in [4.78, 5) is 1.44. The lowest BCUT2D eigenvalue weighted by Gasteiger charge is -2.23. The molecule has 0 N–H and O–H groups in total. The largest absolute Gasteiger partial charge is 0.117 e. The molecule has 2 aromatic rings. The van der Waals surface area contributed by atoms with E-state index < -0.39 is 0 Å². The molecule has 0 saturated carbocycles. The third-order valence-corrected chi connectivity index (χ3v) is 6.62. The lowest BCUT2D eigenvalue weighted by atomic mass is 9.82. The lowest BCUT2D eigenvalue weighted by Crippen LogP contribution is -2.12. The van der Waals surface area contributed by atoms with Crippen LogP contribution in [0.25, 0.3) is 0 Å². The highest BCUT2D eigenvalue weighted by Gasteiger charge is 2.35. The summed E-state index contributed by atoms with van der Waals surface area (Å²) in [6, 6.07) is 17.7. The zero-order chi connectivity index (χ0) is 15.4. The maximum absolute atomic E-state index is 4.38. The number of hydrogen-bond donors (Lipinski definition) is 0. The van der Waals surface area contributed by atoms with Crippen LogP contribution in [-0.4, -0.2) is 5.25 Å². The fourth-order valence-corrected chi connectivity index (χ4v) is 5.54. The Labute approximate surface area is 141 Å². The molecule has 2 aliphatic carbocycles. The van der Waals surface area contributed by atoms with Gasteiger partial charge in [-0.3, -0.25) is 0 Å². The second-order valence-corrected chi connectivity index (χ2v) is 7.86. The first kappa shape index (κ1) is 13.4. The van der Waals surface area contributed by atoms with E-state index in [1.807, 2.05) is 11.8 Å². The van der Waals surface area contributed by atoms with Gasteiger partial charge in [0, 0.05) is 22.0 Å². The van der Waals surface area contributed by atoms with E-state index in [-0.39, 0.29) is 0 Å². The fraction of sp³-hybridized carbons (Fsp3) is 0.182. The molecule has 112 valence electrons. The van der Waals surface area contributed by atoms with E-state index in [2.05, 4.69) is 73.3 Å². The highest BCUT2D eigenvalue weighted by molar-refractivity contribution is 8.00. The molecule has 0 bridgehead atoms. The van der Waals surface area contributed by atoms with Gasteiger partial charge in [0.15, 0.2) is 0 Å². The molecule has 0 amide bonds. The van der Waals surface area contributed by atoms with Gasteiger partial charge in [-0.1, -0.05) is 72.8 Å². The van der Waals surface area contributed by atoms with Crippen molar-refractivity contribution < 1.29 is 0 Å². The van der Waals surface area contributed by atoms with Crippen LogP contribution < -0.4 is 0 Å². The summed E-state index contributed by atoms with van der Waals surface area (Å²) < 4.78 is 0. The van der Waals surface area contributed by atoms with E-state index in [0.29, 0.717) is 17.1 Å². The van der Waals surface area contributed by atoms with Crippen molar-refractivity contribution in [1.29, 1.82) is 0 Å². The molecule has 0 aromatic heterocycles. The molecule has 0 nitrogen and oxygen atoms in total. The minimum Gasteiger partial charge on any atom is -0.117 e. The Bertz CT molecular complexity index is 871. The van der Waals surface area contributed by atoms with Crippen molar-refractivity contribution in [1.82, 2.24) is 0 Å². The van der Waals surface area contributed by atoms with Crippen molar-refractivity contribution in [2.75, 3.05) is 0 Å². The molecule has 2 aromatic carbocycles. The van der Waals surface area contributed by atoms with E-state index >= 15 is 0 Å². The molecule has 1 heterocycles. The average molecular weight is 314 g/mol. The first-order valence-electron chi connectivity index (χ1n) is 8.22. The molecular weight excluding hydrogens is 296 g/mol. The van der Waals surface area contributed by atoms with Crippen LogP contribution in [0.3, 0.4) is 0 Å². The van der Waals surface area contributed by atoms with Gasteiger partial charge >= 0.3 is 0 Å². The summed E-state index contributed by atoms with van der Waals surface area (Å²) in [6.45, 7) is 4.38. The Kier molecular flexibility index (Phi) is 2.93. The molecule has 0 saturated heterocycles. The Hall–Kier alpha value is -1.99. The maximum atomic E-state index is 4.38. The Morgan fingerprint density at radius 1 is 0.957 bits per heavy atom. The smallest absolute Gasteiger partial charge is 0.0381 e. The van der Waals surface area contributed by atoms with Crippen LogP contribution in [-0.2, 0) is 6.42 Å². The summed E-state index contributed by atoms with van der Waals surface area (Å²) in [6.07, 6.45) is 8.27. The molecule has 0 radical (unpaired) electrons. The van der Waals surface area contributed by atoms with Gasteiger partial charge in [-0.25, -0.2) is 0 Å². The van der Waals surface area contributed by atoms with E-state index in [1.165, 1.54) is 32.7 Å². The van der Waals surface area contributed by atoms with Gasteiger partial charge in [-0.05, 0) is 34.8 Å². The third kappa shape index (κ3) is 2.00. The van der Waals surface area contributed by atoms with Gasteiger partial charge in [0.25, 0.3) is 0 Å². The molecule has 1 aliphatic heterocycles. The van der Waals surface area contributed by atoms with Crippen molar-refractivity contribution >= 4 is 11.8 Å². The van der Waals surface area contributed by atoms with Crippen LogP contribution in [0.1, 0.15) is 28.5 Å². The summed E-state index contributed by atoms with van der Waals surface area (Å²) in [5.74, 6) is 0.887. The molecule has 3 aliphatic rings. The van der Waals surface area contributed by atoms with Gasteiger partial charge in [-0.2, -0.15) is 0 Å². The number of benzene rings is 2. The summed E-state index contributed by atoms with van der Waals surface area (Å²) in [7, 11) is 0. The van der Waals surface area contributed by atoms with Gasteiger partial charge in [0.05, 0.1) is 0 Å².